The Kier molecular flexibility index (Phi) is 26.8. The molecule has 0 saturated carbocycles. The highest BCUT2D eigenvalue weighted by Gasteiger charge is 2.28. The van der Waals surface area contributed by atoms with Crippen molar-refractivity contribution >= 4 is 16.0 Å². The summed E-state index contributed by atoms with van der Waals surface area (Å²) >= 11 is 0. The number of unbranched alkanes of at least 4 members (excludes halogenated alkanes) is 17. The molecule has 0 heterocycles. The van der Waals surface area contributed by atoms with Crippen molar-refractivity contribution < 1.29 is 28.0 Å². The van der Waals surface area contributed by atoms with E-state index in [4.69, 9.17) is 0 Å². The summed E-state index contributed by atoms with van der Waals surface area (Å²) in [6.45, 7) is 4.44. The van der Waals surface area contributed by atoms with Crippen LogP contribution in [0.5, 0.6) is 0 Å². The minimum Gasteiger partial charge on any atom is -0.391 e. The molecule has 1 amide bonds. The molecule has 3 unspecified atom stereocenters. The molecule has 0 aromatic carbocycles. The maximum Gasteiger partial charge on any atom is 0.266 e. The Labute approximate surface area is 252 Å². The first-order valence-corrected chi connectivity index (χ1v) is 18.2. The first-order chi connectivity index (χ1) is 19.7. The monoisotopic (exact) mass is 601 g/mol. The third-order valence-electron chi connectivity index (χ3n) is 7.53. The summed E-state index contributed by atoms with van der Waals surface area (Å²) in [5.74, 6) is -1.54. The molecule has 242 valence electrons. The number of aliphatic hydroxyl groups excluding tert-OH is 2. The molecule has 0 radical (unpaired) electrons. The summed E-state index contributed by atoms with van der Waals surface area (Å²) in [7, 11) is -4.41. The second-order valence-corrected chi connectivity index (χ2v) is 13.1. The number of aliphatic hydroxyl groups is 2. The smallest absolute Gasteiger partial charge is 0.266 e. The molecular formula is C33H63NO6S. The van der Waals surface area contributed by atoms with E-state index in [0.29, 0.717) is 19.3 Å². The minimum absolute atomic E-state index is 0.0878. The van der Waals surface area contributed by atoms with Crippen LogP contribution < -0.4 is 5.32 Å². The number of nitrogens with one attached hydrogen (secondary N) is 1. The van der Waals surface area contributed by atoms with Gasteiger partial charge < -0.3 is 15.5 Å². The van der Waals surface area contributed by atoms with Crippen LogP contribution in [-0.2, 0) is 14.9 Å². The van der Waals surface area contributed by atoms with E-state index in [0.717, 1.165) is 25.7 Å². The summed E-state index contributed by atoms with van der Waals surface area (Å²) in [5.41, 5.74) is 0. The standard InChI is InChI=1S/C33H63NO6S/c1-3-5-7-9-11-13-15-17-19-21-23-25-27-31(35)30(29-41(38,39)40)34-33(37)32(36)28-26-24-22-20-18-16-14-12-10-8-6-4-2/h18,20,24,26,30-32,35-36H,3-17,19,21-23,25,27-29H2,1-2H3,(H,34,37)(H,38,39,40)/b20-18-,26-24-. The highest BCUT2D eigenvalue weighted by Crippen LogP contribution is 2.14. The van der Waals surface area contributed by atoms with Crippen LogP contribution in [0, 0.1) is 0 Å². The Hall–Kier alpha value is -1.22. The molecular weight excluding hydrogens is 538 g/mol. The molecule has 4 N–H and O–H groups in total. The summed E-state index contributed by atoms with van der Waals surface area (Å²) in [6.07, 6.45) is 29.3. The zero-order valence-electron chi connectivity index (χ0n) is 26.3. The number of hydrogen-bond donors (Lipinski definition) is 4. The van der Waals surface area contributed by atoms with Crippen molar-refractivity contribution in [2.75, 3.05) is 5.75 Å². The van der Waals surface area contributed by atoms with Gasteiger partial charge in [-0.25, -0.2) is 0 Å². The number of rotatable bonds is 29. The van der Waals surface area contributed by atoms with Crippen LogP contribution in [0.2, 0.25) is 0 Å². The normalized spacial score (nSPS) is 14.6. The first kappa shape index (κ1) is 39.8. The molecule has 0 aliphatic carbocycles. The number of amides is 1. The van der Waals surface area contributed by atoms with Gasteiger partial charge in [0, 0.05) is 6.42 Å². The first-order valence-electron chi connectivity index (χ1n) is 16.6. The van der Waals surface area contributed by atoms with Gasteiger partial charge >= 0.3 is 0 Å². The Bertz CT molecular complexity index is 768. The zero-order chi connectivity index (χ0) is 30.6. The molecule has 0 fully saturated rings. The van der Waals surface area contributed by atoms with Gasteiger partial charge in [-0.15, -0.1) is 0 Å². The minimum atomic E-state index is -4.41. The van der Waals surface area contributed by atoms with Crippen LogP contribution >= 0.6 is 0 Å². The van der Waals surface area contributed by atoms with Crippen LogP contribution in [-0.4, -0.2) is 53.1 Å². The zero-order valence-corrected chi connectivity index (χ0v) is 27.1. The van der Waals surface area contributed by atoms with Crippen LogP contribution in [0.25, 0.3) is 0 Å². The number of carbonyl (C=O) groups is 1. The van der Waals surface area contributed by atoms with Crippen molar-refractivity contribution in [3.63, 3.8) is 0 Å². The van der Waals surface area contributed by atoms with Crippen LogP contribution in [0.1, 0.15) is 155 Å². The lowest BCUT2D eigenvalue weighted by molar-refractivity contribution is -0.130. The molecule has 0 aliphatic heterocycles. The molecule has 3 atom stereocenters. The maximum absolute atomic E-state index is 12.5. The van der Waals surface area contributed by atoms with Gasteiger partial charge in [0.2, 0.25) is 5.91 Å². The van der Waals surface area contributed by atoms with Crippen molar-refractivity contribution in [1.29, 1.82) is 0 Å². The number of carbonyl (C=O) groups excluding carboxylic acids is 1. The van der Waals surface area contributed by atoms with Gasteiger partial charge in [-0.3, -0.25) is 9.35 Å². The molecule has 7 nitrogen and oxygen atoms in total. The highest BCUT2D eigenvalue weighted by molar-refractivity contribution is 7.85. The Morgan fingerprint density at radius 3 is 1.66 bits per heavy atom. The summed E-state index contributed by atoms with van der Waals surface area (Å²) in [4.78, 5) is 12.5. The van der Waals surface area contributed by atoms with E-state index < -0.39 is 40.0 Å². The lowest BCUT2D eigenvalue weighted by Gasteiger charge is -2.24. The predicted octanol–water partition coefficient (Wildman–Crippen LogP) is 7.82. The summed E-state index contributed by atoms with van der Waals surface area (Å²) in [5, 5.41) is 23.2. The van der Waals surface area contributed by atoms with Gasteiger partial charge in [0.15, 0.2) is 0 Å². The molecule has 0 bridgehead atoms. The van der Waals surface area contributed by atoms with Crippen molar-refractivity contribution in [2.45, 2.75) is 173 Å². The third-order valence-corrected chi connectivity index (χ3v) is 8.31. The summed E-state index contributed by atoms with van der Waals surface area (Å²) < 4.78 is 32.3. The van der Waals surface area contributed by atoms with Gasteiger partial charge in [-0.1, -0.05) is 147 Å². The van der Waals surface area contributed by atoms with E-state index in [9.17, 15) is 28.0 Å². The van der Waals surface area contributed by atoms with Gasteiger partial charge in [-0.05, 0) is 25.7 Å². The molecule has 0 aromatic rings. The summed E-state index contributed by atoms with van der Waals surface area (Å²) in [6, 6.07) is -1.17. The van der Waals surface area contributed by atoms with Crippen molar-refractivity contribution in [2.24, 2.45) is 0 Å². The van der Waals surface area contributed by atoms with E-state index in [2.05, 4.69) is 31.3 Å². The van der Waals surface area contributed by atoms with Crippen molar-refractivity contribution in [3.8, 4) is 0 Å². The molecule has 0 aromatic heterocycles. The van der Waals surface area contributed by atoms with E-state index in [1.165, 1.54) is 89.9 Å². The van der Waals surface area contributed by atoms with E-state index in [1.807, 2.05) is 6.08 Å². The van der Waals surface area contributed by atoms with Gasteiger partial charge in [0.25, 0.3) is 10.1 Å². The number of allylic oxidation sites excluding steroid dienone is 3. The number of hydrogen-bond acceptors (Lipinski definition) is 5. The average molecular weight is 602 g/mol. The Morgan fingerprint density at radius 2 is 1.15 bits per heavy atom. The molecule has 0 aliphatic rings. The Balaban J connectivity index is 4.24. The van der Waals surface area contributed by atoms with Crippen molar-refractivity contribution in [3.05, 3.63) is 24.3 Å². The molecule has 0 spiro atoms. The van der Waals surface area contributed by atoms with E-state index >= 15 is 0 Å². The van der Waals surface area contributed by atoms with Gasteiger partial charge in [0.05, 0.1) is 17.9 Å². The largest absolute Gasteiger partial charge is 0.391 e. The quantitative estimate of drug-likeness (QED) is 0.0394. The van der Waals surface area contributed by atoms with Crippen LogP contribution in [0.3, 0.4) is 0 Å². The van der Waals surface area contributed by atoms with Crippen LogP contribution in [0.15, 0.2) is 24.3 Å². The maximum atomic E-state index is 12.5. The molecule has 0 rings (SSSR count). The van der Waals surface area contributed by atoms with Gasteiger partial charge in [-0.2, -0.15) is 8.42 Å². The lowest BCUT2D eigenvalue weighted by atomic mass is 10.0. The van der Waals surface area contributed by atoms with E-state index in [1.54, 1.807) is 6.08 Å². The fourth-order valence-corrected chi connectivity index (χ4v) is 5.67. The second-order valence-electron chi connectivity index (χ2n) is 11.6. The topological polar surface area (TPSA) is 124 Å². The molecule has 41 heavy (non-hydrogen) atoms. The predicted molar refractivity (Wildman–Crippen MR) is 172 cm³/mol. The molecule has 8 heteroatoms. The lowest BCUT2D eigenvalue weighted by Crippen LogP contribution is -2.50. The SMILES string of the molecule is CCCCCCCC/C=C\C/C=C\CC(O)C(=O)NC(CS(=O)(=O)O)C(O)CCCCCCCCCCCCCC. The average Bonchev–Trinajstić information content (AvgIpc) is 2.92. The van der Waals surface area contributed by atoms with Crippen LogP contribution in [0.4, 0.5) is 0 Å². The third kappa shape index (κ3) is 27.4. The molecule has 0 saturated heterocycles. The second kappa shape index (κ2) is 27.6. The van der Waals surface area contributed by atoms with Gasteiger partial charge in [0.1, 0.15) is 6.10 Å². The van der Waals surface area contributed by atoms with Crippen molar-refractivity contribution in [1.82, 2.24) is 5.32 Å². The van der Waals surface area contributed by atoms with E-state index in [-0.39, 0.29) is 6.42 Å². The fourth-order valence-electron chi connectivity index (χ4n) is 4.91. The fraction of sp³-hybridized carbons (Fsp3) is 0.848. The highest BCUT2D eigenvalue weighted by atomic mass is 32.2. The Morgan fingerprint density at radius 1 is 0.683 bits per heavy atom.